The zero-order chi connectivity index (χ0) is 10.1. The van der Waals surface area contributed by atoms with Gasteiger partial charge in [0.1, 0.15) is 0 Å². The zero-order valence-corrected chi connectivity index (χ0v) is 8.96. The number of aldehydes is 1. The van der Waals surface area contributed by atoms with Gasteiger partial charge in [0.2, 0.25) is 12.5 Å². The highest BCUT2D eigenvalue weighted by molar-refractivity contribution is 9.10. The number of rotatable bonds is 2. The van der Waals surface area contributed by atoms with Gasteiger partial charge < -0.3 is 14.2 Å². The van der Waals surface area contributed by atoms with Crippen molar-refractivity contribution in [3.63, 3.8) is 0 Å². The summed E-state index contributed by atoms with van der Waals surface area (Å²) < 4.78 is 16.1. The SMILES string of the molecule is COc1c(Br)c(C=O)cc2c1OCO2. The summed E-state index contributed by atoms with van der Waals surface area (Å²) in [7, 11) is 1.51. The van der Waals surface area contributed by atoms with Crippen LogP contribution in [0.4, 0.5) is 0 Å². The van der Waals surface area contributed by atoms with Crippen LogP contribution >= 0.6 is 15.9 Å². The molecule has 0 saturated carbocycles. The molecular formula is C9H7BrO4. The van der Waals surface area contributed by atoms with Crippen LogP contribution in [0, 0.1) is 0 Å². The number of hydrogen-bond acceptors (Lipinski definition) is 4. The molecule has 1 heterocycles. The molecule has 0 unspecified atom stereocenters. The summed E-state index contributed by atoms with van der Waals surface area (Å²) in [6.45, 7) is 0.153. The van der Waals surface area contributed by atoms with E-state index in [-0.39, 0.29) is 6.79 Å². The summed E-state index contributed by atoms with van der Waals surface area (Å²) in [6, 6.07) is 1.61. The number of methoxy groups -OCH3 is 1. The highest BCUT2D eigenvalue weighted by Crippen LogP contribution is 2.46. The second-order valence-electron chi connectivity index (χ2n) is 2.66. The Balaban J connectivity index is 2.66. The maximum atomic E-state index is 10.7. The first kappa shape index (κ1) is 9.33. The van der Waals surface area contributed by atoms with E-state index in [2.05, 4.69) is 15.9 Å². The molecule has 1 aliphatic rings. The molecule has 5 heteroatoms. The van der Waals surface area contributed by atoms with E-state index in [0.29, 0.717) is 27.3 Å². The molecule has 0 fully saturated rings. The smallest absolute Gasteiger partial charge is 0.231 e. The molecule has 0 bridgehead atoms. The largest absolute Gasteiger partial charge is 0.492 e. The van der Waals surface area contributed by atoms with Crippen LogP contribution in [0.5, 0.6) is 17.2 Å². The lowest BCUT2D eigenvalue weighted by Crippen LogP contribution is -1.94. The van der Waals surface area contributed by atoms with E-state index >= 15 is 0 Å². The van der Waals surface area contributed by atoms with E-state index in [1.165, 1.54) is 7.11 Å². The van der Waals surface area contributed by atoms with Crippen molar-refractivity contribution in [2.75, 3.05) is 13.9 Å². The van der Waals surface area contributed by atoms with Crippen LogP contribution in [0.1, 0.15) is 10.4 Å². The minimum Gasteiger partial charge on any atom is -0.492 e. The van der Waals surface area contributed by atoms with Crippen LogP contribution in [0.2, 0.25) is 0 Å². The normalized spacial score (nSPS) is 12.7. The van der Waals surface area contributed by atoms with Gasteiger partial charge in [-0.1, -0.05) is 0 Å². The molecule has 4 nitrogen and oxygen atoms in total. The highest BCUT2D eigenvalue weighted by atomic mass is 79.9. The van der Waals surface area contributed by atoms with Crippen molar-refractivity contribution in [2.24, 2.45) is 0 Å². The lowest BCUT2D eigenvalue weighted by Gasteiger charge is -2.08. The van der Waals surface area contributed by atoms with Crippen LogP contribution in [-0.2, 0) is 0 Å². The number of benzene rings is 1. The Morgan fingerprint density at radius 3 is 3.00 bits per heavy atom. The van der Waals surface area contributed by atoms with Crippen molar-refractivity contribution in [1.82, 2.24) is 0 Å². The van der Waals surface area contributed by atoms with Crippen molar-refractivity contribution < 1.29 is 19.0 Å². The standard InChI is InChI=1S/C9H7BrO4/c1-12-9-7(10)5(3-11)2-6-8(9)14-4-13-6/h2-3H,4H2,1H3. The van der Waals surface area contributed by atoms with Gasteiger partial charge in [-0.2, -0.15) is 0 Å². The van der Waals surface area contributed by atoms with Crippen LogP contribution in [0.15, 0.2) is 10.5 Å². The Morgan fingerprint density at radius 1 is 1.57 bits per heavy atom. The Labute approximate surface area is 88.9 Å². The molecule has 0 amide bonds. The van der Waals surface area contributed by atoms with E-state index in [0.717, 1.165) is 6.29 Å². The average molecular weight is 259 g/mol. The van der Waals surface area contributed by atoms with Crippen LogP contribution in [-0.4, -0.2) is 20.2 Å². The monoisotopic (exact) mass is 258 g/mol. The minimum absolute atomic E-state index is 0.153. The summed E-state index contributed by atoms with van der Waals surface area (Å²) in [5, 5.41) is 0. The first-order valence-electron chi connectivity index (χ1n) is 3.89. The van der Waals surface area contributed by atoms with Crippen molar-refractivity contribution in [1.29, 1.82) is 0 Å². The minimum atomic E-state index is 0.153. The van der Waals surface area contributed by atoms with Gasteiger partial charge in [-0.3, -0.25) is 4.79 Å². The zero-order valence-electron chi connectivity index (χ0n) is 7.37. The van der Waals surface area contributed by atoms with Gasteiger partial charge in [0.05, 0.1) is 11.6 Å². The molecule has 2 rings (SSSR count). The summed E-state index contributed by atoms with van der Waals surface area (Å²) >= 11 is 3.26. The number of carbonyl (C=O) groups is 1. The Kier molecular flexibility index (Phi) is 2.33. The molecule has 14 heavy (non-hydrogen) atoms. The molecular weight excluding hydrogens is 252 g/mol. The molecule has 0 atom stereocenters. The van der Waals surface area contributed by atoms with Gasteiger partial charge in [0.15, 0.2) is 17.8 Å². The third-order valence-electron chi connectivity index (χ3n) is 1.92. The lowest BCUT2D eigenvalue weighted by atomic mass is 10.2. The van der Waals surface area contributed by atoms with Gasteiger partial charge in [-0.25, -0.2) is 0 Å². The van der Waals surface area contributed by atoms with Gasteiger partial charge in [0.25, 0.3) is 0 Å². The third-order valence-corrected chi connectivity index (χ3v) is 2.74. The second kappa shape index (κ2) is 3.49. The molecule has 0 N–H and O–H groups in total. The maximum Gasteiger partial charge on any atom is 0.231 e. The van der Waals surface area contributed by atoms with E-state index in [9.17, 15) is 4.79 Å². The van der Waals surface area contributed by atoms with E-state index in [1.807, 2.05) is 0 Å². The van der Waals surface area contributed by atoms with Gasteiger partial charge >= 0.3 is 0 Å². The van der Waals surface area contributed by atoms with Crippen molar-refractivity contribution in [2.45, 2.75) is 0 Å². The molecule has 0 saturated heterocycles. The molecule has 0 aromatic heterocycles. The van der Waals surface area contributed by atoms with Crippen LogP contribution in [0.25, 0.3) is 0 Å². The quantitative estimate of drug-likeness (QED) is 0.762. The third kappa shape index (κ3) is 1.24. The summed E-state index contributed by atoms with van der Waals surface area (Å²) in [6.07, 6.45) is 0.731. The lowest BCUT2D eigenvalue weighted by molar-refractivity contribution is 0.112. The predicted molar refractivity (Wildman–Crippen MR) is 52.2 cm³/mol. The van der Waals surface area contributed by atoms with Crippen molar-refractivity contribution in [3.05, 3.63) is 16.1 Å². The van der Waals surface area contributed by atoms with Gasteiger partial charge in [-0.05, 0) is 22.0 Å². The molecule has 0 aliphatic carbocycles. The Bertz CT molecular complexity index is 389. The van der Waals surface area contributed by atoms with E-state index in [1.54, 1.807) is 6.07 Å². The number of halogens is 1. The fourth-order valence-corrected chi connectivity index (χ4v) is 1.83. The number of ether oxygens (including phenoxy) is 3. The first-order valence-corrected chi connectivity index (χ1v) is 4.68. The van der Waals surface area contributed by atoms with Crippen LogP contribution in [0.3, 0.4) is 0 Å². The van der Waals surface area contributed by atoms with Crippen molar-refractivity contribution >= 4 is 22.2 Å². The Hall–Kier alpha value is -1.23. The summed E-state index contributed by atoms with van der Waals surface area (Å²) in [5.41, 5.74) is 0.478. The fraction of sp³-hybridized carbons (Fsp3) is 0.222. The second-order valence-corrected chi connectivity index (χ2v) is 3.46. The van der Waals surface area contributed by atoms with Crippen molar-refractivity contribution in [3.8, 4) is 17.2 Å². The Morgan fingerprint density at radius 2 is 2.36 bits per heavy atom. The van der Waals surface area contributed by atoms with E-state index < -0.39 is 0 Å². The molecule has 0 radical (unpaired) electrons. The molecule has 0 spiro atoms. The summed E-state index contributed by atoms with van der Waals surface area (Å²) in [5.74, 6) is 1.55. The van der Waals surface area contributed by atoms with E-state index in [4.69, 9.17) is 14.2 Å². The highest BCUT2D eigenvalue weighted by Gasteiger charge is 2.23. The molecule has 1 aromatic rings. The number of carbonyl (C=O) groups excluding carboxylic acids is 1. The van der Waals surface area contributed by atoms with Gasteiger partial charge in [-0.15, -0.1) is 0 Å². The number of fused-ring (bicyclic) bond motifs is 1. The predicted octanol–water partition coefficient (Wildman–Crippen LogP) is 2.00. The topological polar surface area (TPSA) is 44.8 Å². The average Bonchev–Trinajstić information content (AvgIpc) is 2.64. The maximum absolute atomic E-state index is 10.7. The van der Waals surface area contributed by atoms with Crippen LogP contribution < -0.4 is 14.2 Å². The fourth-order valence-electron chi connectivity index (χ4n) is 1.28. The number of hydrogen-bond donors (Lipinski definition) is 0. The molecule has 74 valence electrons. The summed E-state index contributed by atoms with van der Waals surface area (Å²) in [4.78, 5) is 10.7. The first-order chi connectivity index (χ1) is 6.77. The molecule has 1 aliphatic heterocycles. The van der Waals surface area contributed by atoms with Gasteiger partial charge in [0, 0.05) is 5.56 Å². The molecule has 1 aromatic carbocycles.